The van der Waals surface area contributed by atoms with Crippen molar-refractivity contribution in [3.05, 3.63) is 70.2 Å². The molecule has 1 heterocycles. The number of urea groups is 1. The SMILES string of the molecule is CCC1(c2ccc(Cl)cc2)NC(=O)N(CC(=O)NCc2ccc(C)cc2)C1=O. The molecule has 6 nitrogen and oxygen atoms in total. The third-order valence-corrected chi connectivity index (χ3v) is 5.21. The first-order valence-corrected chi connectivity index (χ1v) is 9.46. The highest BCUT2D eigenvalue weighted by atomic mass is 35.5. The average Bonchev–Trinajstić information content (AvgIpc) is 2.93. The summed E-state index contributed by atoms with van der Waals surface area (Å²) in [4.78, 5) is 38.7. The quantitative estimate of drug-likeness (QED) is 0.732. The largest absolute Gasteiger partial charge is 0.350 e. The van der Waals surface area contributed by atoms with Crippen LogP contribution >= 0.6 is 11.6 Å². The standard InChI is InChI=1S/C21H22ClN3O3/c1-3-21(16-8-10-17(22)11-9-16)19(27)25(20(28)24-21)13-18(26)23-12-15-6-4-14(2)5-7-15/h4-11H,3,12-13H2,1-2H3,(H,23,26)(H,24,28). The fourth-order valence-electron chi connectivity index (χ4n) is 3.25. The summed E-state index contributed by atoms with van der Waals surface area (Å²) in [5, 5.41) is 6.04. The third-order valence-electron chi connectivity index (χ3n) is 4.96. The van der Waals surface area contributed by atoms with Crippen LogP contribution in [0.4, 0.5) is 4.79 Å². The monoisotopic (exact) mass is 399 g/mol. The molecule has 2 aromatic rings. The molecule has 1 aliphatic heterocycles. The van der Waals surface area contributed by atoms with Crippen molar-refractivity contribution < 1.29 is 14.4 Å². The van der Waals surface area contributed by atoms with Crippen molar-refractivity contribution in [2.45, 2.75) is 32.4 Å². The molecule has 2 N–H and O–H groups in total. The average molecular weight is 400 g/mol. The minimum absolute atomic E-state index is 0.328. The van der Waals surface area contributed by atoms with Gasteiger partial charge < -0.3 is 10.6 Å². The molecular formula is C21H22ClN3O3. The van der Waals surface area contributed by atoms with Gasteiger partial charge in [-0.1, -0.05) is 60.5 Å². The first-order chi connectivity index (χ1) is 13.4. The summed E-state index contributed by atoms with van der Waals surface area (Å²) in [5.41, 5.74) is 1.53. The van der Waals surface area contributed by atoms with Gasteiger partial charge in [0.25, 0.3) is 5.91 Å². The number of hydrogen-bond donors (Lipinski definition) is 2. The second-order valence-corrected chi connectivity index (χ2v) is 7.29. The lowest BCUT2D eigenvalue weighted by Gasteiger charge is -2.25. The molecule has 1 saturated heterocycles. The summed E-state index contributed by atoms with van der Waals surface area (Å²) < 4.78 is 0. The Balaban J connectivity index is 1.69. The van der Waals surface area contributed by atoms with Crippen LogP contribution in [0.5, 0.6) is 0 Å². The van der Waals surface area contributed by atoms with E-state index < -0.39 is 23.4 Å². The Morgan fingerprint density at radius 3 is 2.36 bits per heavy atom. The van der Waals surface area contributed by atoms with Crippen molar-refractivity contribution in [3.63, 3.8) is 0 Å². The van der Waals surface area contributed by atoms with Gasteiger partial charge >= 0.3 is 6.03 Å². The minimum Gasteiger partial charge on any atom is -0.350 e. The number of benzene rings is 2. The van der Waals surface area contributed by atoms with E-state index in [4.69, 9.17) is 11.6 Å². The first-order valence-electron chi connectivity index (χ1n) is 9.08. The molecule has 0 aliphatic carbocycles. The van der Waals surface area contributed by atoms with Crippen molar-refractivity contribution in [1.82, 2.24) is 15.5 Å². The van der Waals surface area contributed by atoms with E-state index in [1.807, 2.05) is 38.1 Å². The van der Waals surface area contributed by atoms with Gasteiger partial charge in [-0.05, 0) is 36.6 Å². The summed E-state index contributed by atoms with van der Waals surface area (Å²) in [6, 6.07) is 14.0. The van der Waals surface area contributed by atoms with E-state index in [0.29, 0.717) is 23.6 Å². The highest BCUT2D eigenvalue weighted by Gasteiger charge is 2.51. The molecule has 4 amide bonds. The van der Waals surface area contributed by atoms with E-state index in [1.165, 1.54) is 0 Å². The molecule has 1 atom stereocenters. The van der Waals surface area contributed by atoms with E-state index >= 15 is 0 Å². The van der Waals surface area contributed by atoms with Crippen LogP contribution in [0.15, 0.2) is 48.5 Å². The fourth-order valence-corrected chi connectivity index (χ4v) is 3.38. The van der Waals surface area contributed by atoms with Crippen LogP contribution < -0.4 is 10.6 Å². The lowest BCUT2D eigenvalue weighted by atomic mass is 9.87. The van der Waals surface area contributed by atoms with E-state index in [-0.39, 0.29) is 6.54 Å². The number of aryl methyl sites for hydroxylation is 1. The molecule has 146 valence electrons. The molecule has 1 aliphatic rings. The number of carbonyl (C=O) groups is 3. The molecular weight excluding hydrogens is 378 g/mol. The van der Waals surface area contributed by atoms with Crippen molar-refractivity contribution in [2.24, 2.45) is 0 Å². The summed E-state index contributed by atoms with van der Waals surface area (Å²) in [6.07, 6.45) is 0.362. The molecule has 0 bridgehead atoms. The number of imide groups is 1. The molecule has 0 aromatic heterocycles. The maximum Gasteiger partial charge on any atom is 0.325 e. The van der Waals surface area contributed by atoms with Crippen LogP contribution in [0.25, 0.3) is 0 Å². The second kappa shape index (κ2) is 8.02. The van der Waals surface area contributed by atoms with Crippen LogP contribution in [0, 0.1) is 6.92 Å². The van der Waals surface area contributed by atoms with Gasteiger partial charge in [-0.15, -0.1) is 0 Å². The predicted octanol–water partition coefficient (Wildman–Crippen LogP) is 3.12. The van der Waals surface area contributed by atoms with Gasteiger partial charge in [0.2, 0.25) is 5.91 Å². The number of nitrogens with zero attached hydrogens (tertiary/aromatic N) is 1. The van der Waals surface area contributed by atoms with E-state index in [0.717, 1.165) is 16.0 Å². The van der Waals surface area contributed by atoms with Gasteiger partial charge in [-0.25, -0.2) is 4.79 Å². The third kappa shape index (κ3) is 3.87. The van der Waals surface area contributed by atoms with E-state index in [1.54, 1.807) is 24.3 Å². The Hall–Kier alpha value is -2.86. The molecule has 28 heavy (non-hydrogen) atoms. The summed E-state index contributed by atoms with van der Waals surface area (Å²) in [7, 11) is 0. The van der Waals surface area contributed by atoms with Gasteiger partial charge in [0, 0.05) is 11.6 Å². The van der Waals surface area contributed by atoms with Crippen LogP contribution in [-0.4, -0.2) is 29.3 Å². The topological polar surface area (TPSA) is 78.5 Å². The summed E-state index contributed by atoms with van der Waals surface area (Å²) >= 11 is 5.93. The van der Waals surface area contributed by atoms with Gasteiger partial charge in [0.1, 0.15) is 12.1 Å². The van der Waals surface area contributed by atoms with Crippen molar-refractivity contribution in [2.75, 3.05) is 6.54 Å². The van der Waals surface area contributed by atoms with E-state index in [2.05, 4.69) is 10.6 Å². The molecule has 0 saturated carbocycles. The smallest absolute Gasteiger partial charge is 0.325 e. The Labute approximate surface area is 168 Å². The number of amides is 4. The Morgan fingerprint density at radius 2 is 1.75 bits per heavy atom. The summed E-state index contributed by atoms with van der Waals surface area (Å²) in [6.45, 7) is 3.80. The van der Waals surface area contributed by atoms with Crippen LogP contribution in [0.1, 0.15) is 30.0 Å². The zero-order valence-electron chi connectivity index (χ0n) is 15.8. The highest BCUT2D eigenvalue weighted by molar-refractivity contribution is 6.30. The number of hydrogen-bond acceptors (Lipinski definition) is 3. The van der Waals surface area contributed by atoms with Crippen molar-refractivity contribution in [3.8, 4) is 0 Å². The van der Waals surface area contributed by atoms with Gasteiger partial charge in [0.05, 0.1) is 0 Å². The zero-order valence-corrected chi connectivity index (χ0v) is 16.5. The van der Waals surface area contributed by atoms with Crippen LogP contribution in [0.3, 0.4) is 0 Å². The second-order valence-electron chi connectivity index (χ2n) is 6.85. The summed E-state index contributed by atoms with van der Waals surface area (Å²) in [5.74, 6) is -0.833. The van der Waals surface area contributed by atoms with Gasteiger partial charge in [-0.2, -0.15) is 0 Å². The maximum atomic E-state index is 13.0. The van der Waals surface area contributed by atoms with Gasteiger partial charge in [-0.3, -0.25) is 14.5 Å². The number of nitrogens with one attached hydrogen (secondary N) is 2. The molecule has 0 spiro atoms. The van der Waals surface area contributed by atoms with Crippen LogP contribution in [0.2, 0.25) is 5.02 Å². The normalized spacial score (nSPS) is 18.9. The number of halogens is 1. The van der Waals surface area contributed by atoms with Crippen LogP contribution in [-0.2, 0) is 21.7 Å². The zero-order chi connectivity index (χ0) is 20.3. The molecule has 2 aromatic carbocycles. The van der Waals surface area contributed by atoms with Crippen molar-refractivity contribution in [1.29, 1.82) is 0 Å². The lowest BCUT2D eigenvalue weighted by molar-refractivity contribution is -0.135. The molecule has 0 radical (unpaired) electrons. The van der Waals surface area contributed by atoms with Crippen molar-refractivity contribution >= 4 is 29.4 Å². The molecule has 1 fully saturated rings. The molecule has 1 unspecified atom stereocenters. The van der Waals surface area contributed by atoms with Gasteiger partial charge in [0.15, 0.2) is 0 Å². The van der Waals surface area contributed by atoms with E-state index in [9.17, 15) is 14.4 Å². The Morgan fingerprint density at radius 1 is 1.11 bits per heavy atom. The highest BCUT2D eigenvalue weighted by Crippen LogP contribution is 2.32. The predicted molar refractivity (Wildman–Crippen MR) is 107 cm³/mol. The first kappa shape index (κ1) is 19.9. The fraction of sp³-hybridized carbons (Fsp3) is 0.286. The molecule has 7 heteroatoms. The Bertz CT molecular complexity index is 896. The maximum absolute atomic E-state index is 13.0. The minimum atomic E-state index is -1.18. The number of rotatable bonds is 6. The number of carbonyl (C=O) groups excluding carboxylic acids is 3. The Kier molecular flexibility index (Phi) is 5.70. The lowest BCUT2D eigenvalue weighted by Crippen LogP contribution is -2.44. The molecule has 3 rings (SSSR count).